The number of halogens is 2. The van der Waals surface area contributed by atoms with Crippen molar-refractivity contribution in [3.05, 3.63) is 10.8 Å². The Labute approximate surface area is 95.3 Å². The van der Waals surface area contributed by atoms with E-state index < -0.39 is 0 Å². The molecule has 0 aliphatic carbocycles. The smallest absolute Gasteiger partial charge is 0.189 e. The molecule has 0 bridgehead atoms. The number of nitrogens with zero attached hydrogens (tertiary/aromatic N) is 1. The predicted octanol–water partition coefficient (Wildman–Crippen LogP) is 2.83. The summed E-state index contributed by atoms with van der Waals surface area (Å²) in [5.74, 6) is 4.07. The van der Waals surface area contributed by atoms with E-state index in [4.69, 9.17) is 16.1 Å². The third-order valence-electron chi connectivity index (χ3n) is 1.42. The molecule has 1 atom stereocenters. The minimum atomic E-state index is 0.0129. The van der Waals surface area contributed by atoms with Gasteiger partial charge in [0.25, 0.3) is 0 Å². The maximum atomic E-state index is 5.88. The van der Waals surface area contributed by atoms with Gasteiger partial charge in [0, 0.05) is 22.6 Å². The zero-order chi connectivity index (χ0) is 9.84. The molecule has 0 aromatic carbocycles. The Morgan fingerprint density at radius 3 is 2.85 bits per heavy atom. The van der Waals surface area contributed by atoms with E-state index in [1.807, 2.05) is 29.5 Å². The van der Waals surface area contributed by atoms with E-state index >= 15 is 0 Å². The van der Waals surface area contributed by atoms with Crippen molar-refractivity contribution in [2.75, 3.05) is 5.32 Å². The number of nitrogens with one attached hydrogen (secondary N) is 1. The van der Waals surface area contributed by atoms with Crippen LogP contribution in [0.4, 0.5) is 5.82 Å². The second kappa shape index (κ2) is 4.72. The molecular weight excluding hydrogens is 302 g/mol. The van der Waals surface area contributed by atoms with Crippen molar-refractivity contribution in [1.29, 1.82) is 0 Å². The highest BCUT2D eigenvalue weighted by Gasteiger charge is 2.10. The highest BCUT2D eigenvalue weighted by Crippen LogP contribution is 2.24. The van der Waals surface area contributed by atoms with Crippen molar-refractivity contribution in [2.45, 2.75) is 19.9 Å². The number of rotatable bonds is 2. The van der Waals surface area contributed by atoms with E-state index in [2.05, 4.69) is 20.3 Å². The van der Waals surface area contributed by atoms with Crippen LogP contribution in [0.1, 0.15) is 12.7 Å². The molecule has 1 rings (SSSR count). The Bertz CT molecular complexity index is 353. The normalized spacial score (nSPS) is 11.7. The standard InChI is InChI=1S/C8H8ClIN2O/c1-5(3-4-10)11-8-7(9)6(2)13-12-8/h5H,1-2H3,(H,11,12). The average molecular weight is 311 g/mol. The molecule has 5 heteroatoms. The molecule has 0 radical (unpaired) electrons. The molecule has 3 nitrogen and oxygen atoms in total. The Balaban J connectivity index is 2.72. The first kappa shape index (κ1) is 10.7. The van der Waals surface area contributed by atoms with Gasteiger partial charge in [-0.05, 0) is 17.8 Å². The molecule has 1 heterocycles. The van der Waals surface area contributed by atoms with Gasteiger partial charge in [0.1, 0.15) is 5.02 Å². The van der Waals surface area contributed by atoms with Gasteiger partial charge in [-0.15, -0.1) is 0 Å². The van der Waals surface area contributed by atoms with Gasteiger partial charge in [0.15, 0.2) is 11.6 Å². The monoisotopic (exact) mass is 310 g/mol. The second-order valence-electron chi connectivity index (χ2n) is 2.51. The molecule has 0 aliphatic rings. The average Bonchev–Trinajstić information content (AvgIpc) is 2.37. The van der Waals surface area contributed by atoms with E-state index in [1.165, 1.54) is 0 Å². The summed E-state index contributed by atoms with van der Waals surface area (Å²) in [7, 11) is 0. The molecule has 13 heavy (non-hydrogen) atoms. The van der Waals surface area contributed by atoms with Gasteiger partial charge < -0.3 is 9.84 Å². The van der Waals surface area contributed by atoms with E-state index in [1.54, 1.807) is 6.92 Å². The van der Waals surface area contributed by atoms with Gasteiger partial charge >= 0.3 is 0 Å². The van der Waals surface area contributed by atoms with Crippen LogP contribution in [0.2, 0.25) is 5.02 Å². The van der Waals surface area contributed by atoms with Gasteiger partial charge in [-0.1, -0.05) is 22.7 Å². The Kier molecular flexibility index (Phi) is 3.88. The van der Waals surface area contributed by atoms with Crippen LogP contribution < -0.4 is 5.32 Å². The fraction of sp³-hybridized carbons (Fsp3) is 0.375. The molecule has 1 aromatic rings. The summed E-state index contributed by atoms with van der Waals surface area (Å²) in [6.07, 6.45) is 0. The Hall–Kier alpha value is -0.410. The van der Waals surface area contributed by atoms with E-state index in [9.17, 15) is 0 Å². The molecule has 1 aromatic heterocycles. The zero-order valence-electron chi connectivity index (χ0n) is 7.19. The molecule has 0 fully saturated rings. The maximum Gasteiger partial charge on any atom is 0.189 e. The molecule has 1 unspecified atom stereocenters. The van der Waals surface area contributed by atoms with Crippen LogP contribution in [0.5, 0.6) is 0 Å². The summed E-state index contributed by atoms with van der Waals surface area (Å²) in [6.45, 7) is 3.68. The molecule has 0 amide bonds. The van der Waals surface area contributed by atoms with Crippen LogP contribution in [0.15, 0.2) is 4.52 Å². The summed E-state index contributed by atoms with van der Waals surface area (Å²) in [4.78, 5) is 0. The molecule has 0 spiro atoms. The van der Waals surface area contributed by atoms with Gasteiger partial charge in [-0.3, -0.25) is 0 Å². The largest absolute Gasteiger partial charge is 0.358 e. The maximum absolute atomic E-state index is 5.88. The van der Waals surface area contributed by atoms with Gasteiger partial charge in [0.05, 0.1) is 6.04 Å². The minimum absolute atomic E-state index is 0.0129. The Morgan fingerprint density at radius 2 is 2.38 bits per heavy atom. The summed E-state index contributed by atoms with van der Waals surface area (Å²) < 4.78 is 7.65. The van der Waals surface area contributed by atoms with Crippen LogP contribution in [0.3, 0.4) is 0 Å². The first-order valence-corrected chi connectivity index (χ1v) is 5.10. The van der Waals surface area contributed by atoms with Crippen LogP contribution in [0, 0.1) is 16.8 Å². The summed E-state index contributed by atoms with van der Waals surface area (Å²) in [5, 5.41) is 7.28. The van der Waals surface area contributed by atoms with Gasteiger partial charge in [-0.2, -0.15) is 0 Å². The van der Waals surface area contributed by atoms with Crippen LogP contribution >= 0.6 is 34.2 Å². The highest BCUT2D eigenvalue weighted by atomic mass is 127. The lowest BCUT2D eigenvalue weighted by molar-refractivity contribution is 0.399. The quantitative estimate of drug-likeness (QED) is 0.674. The van der Waals surface area contributed by atoms with Gasteiger partial charge in [-0.25, -0.2) is 0 Å². The number of aryl methyl sites for hydroxylation is 1. The third kappa shape index (κ3) is 2.78. The summed E-state index contributed by atoms with van der Waals surface area (Å²) in [5.41, 5.74) is 0. The van der Waals surface area contributed by atoms with Crippen LogP contribution in [-0.4, -0.2) is 11.2 Å². The van der Waals surface area contributed by atoms with E-state index in [-0.39, 0.29) is 6.04 Å². The number of hydrogen-bond donors (Lipinski definition) is 1. The lowest BCUT2D eigenvalue weighted by Gasteiger charge is -2.04. The Morgan fingerprint density at radius 1 is 1.69 bits per heavy atom. The first-order valence-electron chi connectivity index (χ1n) is 3.64. The number of aromatic nitrogens is 1. The predicted molar refractivity (Wildman–Crippen MR) is 61.1 cm³/mol. The first-order chi connectivity index (χ1) is 6.15. The molecule has 0 aliphatic heterocycles. The molecule has 70 valence electrons. The zero-order valence-corrected chi connectivity index (χ0v) is 10.1. The highest BCUT2D eigenvalue weighted by molar-refractivity contribution is 14.1. The lowest BCUT2D eigenvalue weighted by atomic mass is 10.3. The van der Waals surface area contributed by atoms with Crippen molar-refractivity contribution in [3.8, 4) is 9.85 Å². The van der Waals surface area contributed by atoms with Gasteiger partial charge in [0.2, 0.25) is 0 Å². The SMILES string of the molecule is Cc1onc(NC(C)C#CI)c1Cl. The number of hydrogen-bond acceptors (Lipinski definition) is 3. The summed E-state index contributed by atoms with van der Waals surface area (Å²) >= 11 is 7.87. The van der Waals surface area contributed by atoms with Crippen molar-refractivity contribution in [1.82, 2.24) is 5.16 Å². The lowest BCUT2D eigenvalue weighted by Crippen LogP contribution is -2.12. The van der Waals surface area contributed by atoms with Crippen molar-refractivity contribution in [2.24, 2.45) is 0 Å². The fourth-order valence-corrected chi connectivity index (χ4v) is 1.36. The van der Waals surface area contributed by atoms with E-state index in [0.717, 1.165) is 0 Å². The second-order valence-corrected chi connectivity index (χ2v) is 3.42. The van der Waals surface area contributed by atoms with E-state index in [0.29, 0.717) is 16.6 Å². The van der Waals surface area contributed by atoms with Crippen LogP contribution in [0.25, 0.3) is 0 Å². The topological polar surface area (TPSA) is 38.1 Å². The fourth-order valence-electron chi connectivity index (χ4n) is 0.774. The third-order valence-corrected chi connectivity index (χ3v) is 2.17. The molecular formula is C8H8ClIN2O. The van der Waals surface area contributed by atoms with Crippen molar-refractivity contribution in [3.63, 3.8) is 0 Å². The van der Waals surface area contributed by atoms with Crippen molar-refractivity contribution >= 4 is 40.0 Å². The van der Waals surface area contributed by atoms with Crippen molar-refractivity contribution < 1.29 is 4.52 Å². The van der Waals surface area contributed by atoms with Crippen LogP contribution in [-0.2, 0) is 0 Å². The number of anilines is 1. The minimum Gasteiger partial charge on any atom is -0.358 e. The molecule has 0 saturated carbocycles. The summed E-state index contributed by atoms with van der Waals surface area (Å²) in [6, 6.07) is 0.0129. The molecule has 0 saturated heterocycles. The molecule has 1 N–H and O–H groups in total.